The van der Waals surface area contributed by atoms with Crippen molar-refractivity contribution in [2.45, 2.75) is 13.8 Å². The summed E-state index contributed by atoms with van der Waals surface area (Å²) in [5, 5.41) is 5.59. The number of nitrogens with zero attached hydrogens (tertiary/aromatic N) is 1. The fourth-order valence-electron chi connectivity index (χ4n) is 2.06. The molecule has 0 fully saturated rings. The van der Waals surface area contributed by atoms with Crippen molar-refractivity contribution in [1.82, 2.24) is 4.98 Å². The quantitative estimate of drug-likeness (QED) is 0.709. The first-order chi connectivity index (χ1) is 12.5. The summed E-state index contributed by atoms with van der Waals surface area (Å²) in [5.41, 5.74) is 1.49. The van der Waals surface area contributed by atoms with E-state index in [2.05, 4.69) is 15.6 Å². The third kappa shape index (κ3) is 5.56. The van der Waals surface area contributed by atoms with E-state index in [9.17, 15) is 9.59 Å². The lowest BCUT2D eigenvalue weighted by atomic mass is 10.2. The normalized spacial score (nSPS) is 10.5. The van der Waals surface area contributed by atoms with Gasteiger partial charge in [-0.05, 0) is 30.3 Å². The summed E-state index contributed by atoms with van der Waals surface area (Å²) in [5.74, 6) is -0.325. The van der Waals surface area contributed by atoms with E-state index in [0.29, 0.717) is 30.2 Å². The van der Waals surface area contributed by atoms with E-state index >= 15 is 0 Å². The topological polar surface area (TPSA) is 89.6 Å². The first-order valence-electron chi connectivity index (χ1n) is 8.30. The Morgan fingerprint density at radius 1 is 1.08 bits per heavy atom. The Hall–Kier alpha value is -2.93. The molecule has 7 heteroatoms. The van der Waals surface area contributed by atoms with Crippen LogP contribution in [0.25, 0.3) is 0 Å². The molecule has 0 atom stereocenters. The molecule has 1 heterocycles. The lowest BCUT2D eigenvalue weighted by Crippen LogP contribution is -2.18. The lowest BCUT2D eigenvalue weighted by molar-refractivity contribution is -0.118. The number of anilines is 2. The molecule has 0 spiro atoms. The molecule has 0 radical (unpaired) electrons. The number of pyridine rings is 1. The molecular weight excluding hydrogens is 334 g/mol. The van der Waals surface area contributed by atoms with E-state index in [0.717, 1.165) is 0 Å². The molecule has 1 aromatic carbocycles. The second-order valence-electron chi connectivity index (χ2n) is 5.88. The van der Waals surface area contributed by atoms with Crippen molar-refractivity contribution in [3.05, 3.63) is 48.2 Å². The van der Waals surface area contributed by atoms with Gasteiger partial charge in [0, 0.05) is 30.6 Å². The highest BCUT2D eigenvalue weighted by molar-refractivity contribution is 6.06. The summed E-state index contributed by atoms with van der Waals surface area (Å²) >= 11 is 0. The zero-order chi connectivity index (χ0) is 18.9. The minimum absolute atomic E-state index is 0.0884. The van der Waals surface area contributed by atoms with Crippen LogP contribution in [0.5, 0.6) is 5.88 Å². The minimum atomic E-state index is -0.349. The Bertz CT molecular complexity index is 762. The van der Waals surface area contributed by atoms with Gasteiger partial charge in [0.15, 0.2) is 0 Å². The highest BCUT2D eigenvalue weighted by Gasteiger charge is 2.14. The molecule has 2 amide bonds. The summed E-state index contributed by atoms with van der Waals surface area (Å²) in [6.07, 6.45) is 1.56. The monoisotopic (exact) mass is 357 g/mol. The Morgan fingerprint density at radius 2 is 1.81 bits per heavy atom. The predicted molar refractivity (Wildman–Crippen MR) is 99.5 cm³/mol. The van der Waals surface area contributed by atoms with Crippen molar-refractivity contribution in [1.29, 1.82) is 0 Å². The molecule has 0 saturated carbocycles. The molecule has 26 heavy (non-hydrogen) atoms. The molecule has 0 bridgehead atoms. The van der Waals surface area contributed by atoms with Crippen molar-refractivity contribution in [2.75, 3.05) is 31.0 Å². The Morgan fingerprint density at radius 3 is 2.50 bits per heavy atom. The van der Waals surface area contributed by atoms with Crippen LogP contribution in [0.15, 0.2) is 42.6 Å². The average Bonchev–Trinajstić information content (AvgIpc) is 2.62. The summed E-state index contributed by atoms with van der Waals surface area (Å²) in [6, 6.07) is 10.3. The number of amides is 2. The van der Waals surface area contributed by atoms with E-state index in [1.807, 2.05) is 13.8 Å². The maximum absolute atomic E-state index is 12.6. The van der Waals surface area contributed by atoms with Gasteiger partial charge in [0.05, 0.1) is 6.61 Å². The number of hydrogen-bond donors (Lipinski definition) is 2. The predicted octanol–water partition coefficient (Wildman–Crippen LogP) is 2.95. The fourth-order valence-corrected chi connectivity index (χ4v) is 2.06. The molecule has 0 aliphatic heterocycles. The molecule has 138 valence electrons. The van der Waals surface area contributed by atoms with Crippen LogP contribution in [-0.4, -0.2) is 37.1 Å². The highest BCUT2D eigenvalue weighted by Crippen LogP contribution is 2.19. The van der Waals surface area contributed by atoms with Crippen LogP contribution in [-0.2, 0) is 9.53 Å². The lowest BCUT2D eigenvalue weighted by Gasteiger charge is -2.12. The zero-order valence-electron chi connectivity index (χ0n) is 15.1. The summed E-state index contributed by atoms with van der Waals surface area (Å²) < 4.78 is 10.4. The van der Waals surface area contributed by atoms with E-state index in [1.54, 1.807) is 49.7 Å². The van der Waals surface area contributed by atoms with Crippen LogP contribution in [0.2, 0.25) is 0 Å². The molecule has 2 N–H and O–H groups in total. The van der Waals surface area contributed by atoms with Crippen LogP contribution in [0, 0.1) is 5.92 Å². The van der Waals surface area contributed by atoms with Gasteiger partial charge in [-0.2, -0.15) is 0 Å². The van der Waals surface area contributed by atoms with Crippen molar-refractivity contribution in [3.8, 4) is 5.88 Å². The maximum Gasteiger partial charge on any atom is 0.261 e. The number of carbonyl (C=O) groups is 2. The third-order valence-corrected chi connectivity index (χ3v) is 3.45. The number of benzene rings is 1. The van der Waals surface area contributed by atoms with Crippen LogP contribution in [0.1, 0.15) is 24.2 Å². The summed E-state index contributed by atoms with van der Waals surface area (Å²) in [7, 11) is 1.57. The highest BCUT2D eigenvalue weighted by atomic mass is 16.5. The minimum Gasteiger partial charge on any atom is -0.475 e. The Balaban J connectivity index is 2.09. The summed E-state index contributed by atoms with van der Waals surface area (Å²) in [4.78, 5) is 28.5. The van der Waals surface area contributed by atoms with Crippen LogP contribution >= 0.6 is 0 Å². The zero-order valence-corrected chi connectivity index (χ0v) is 15.1. The number of nitrogens with one attached hydrogen (secondary N) is 2. The summed E-state index contributed by atoms with van der Waals surface area (Å²) in [6.45, 7) is 4.32. The number of methoxy groups -OCH3 is 1. The number of aromatic nitrogens is 1. The van der Waals surface area contributed by atoms with Gasteiger partial charge >= 0.3 is 0 Å². The molecule has 0 saturated heterocycles. The first-order valence-corrected chi connectivity index (χ1v) is 8.30. The van der Waals surface area contributed by atoms with Gasteiger partial charge in [0.25, 0.3) is 5.91 Å². The fraction of sp³-hybridized carbons (Fsp3) is 0.316. The number of rotatable bonds is 8. The SMILES string of the molecule is COCCOc1ncccc1C(=O)Nc1cccc(NC(=O)C(C)C)c1. The molecule has 1 aromatic heterocycles. The van der Waals surface area contributed by atoms with Crippen LogP contribution in [0.4, 0.5) is 11.4 Å². The van der Waals surface area contributed by atoms with Crippen LogP contribution < -0.4 is 15.4 Å². The van der Waals surface area contributed by atoms with Gasteiger partial charge in [-0.25, -0.2) is 4.98 Å². The molecule has 0 aliphatic carbocycles. The first kappa shape index (κ1) is 19.4. The third-order valence-electron chi connectivity index (χ3n) is 3.45. The van der Waals surface area contributed by atoms with Crippen LogP contribution in [0.3, 0.4) is 0 Å². The number of hydrogen-bond acceptors (Lipinski definition) is 5. The van der Waals surface area contributed by atoms with Gasteiger partial charge in [-0.1, -0.05) is 19.9 Å². The van der Waals surface area contributed by atoms with E-state index in [-0.39, 0.29) is 23.6 Å². The van der Waals surface area contributed by atoms with Gasteiger partial charge in [-0.15, -0.1) is 0 Å². The number of carbonyl (C=O) groups excluding carboxylic acids is 2. The van der Waals surface area contributed by atoms with Gasteiger partial charge in [0.2, 0.25) is 11.8 Å². The molecular formula is C19H23N3O4. The Kier molecular flexibility index (Phi) is 7.11. The average molecular weight is 357 g/mol. The molecule has 2 rings (SSSR count). The van der Waals surface area contributed by atoms with Crippen molar-refractivity contribution < 1.29 is 19.1 Å². The molecule has 7 nitrogen and oxygen atoms in total. The second-order valence-corrected chi connectivity index (χ2v) is 5.88. The molecule has 0 unspecified atom stereocenters. The maximum atomic E-state index is 12.6. The van der Waals surface area contributed by atoms with Gasteiger partial charge in [-0.3, -0.25) is 9.59 Å². The van der Waals surface area contributed by atoms with E-state index in [1.165, 1.54) is 0 Å². The van der Waals surface area contributed by atoms with E-state index in [4.69, 9.17) is 9.47 Å². The smallest absolute Gasteiger partial charge is 0.261 e. The molecule has 0 aliphatic rings. The molecule has 2 aromatic rings. The van der Waals surface area contributed by atoms with Crippen molar-refractivity contribution in [3.63, 3.8) is 0 Å². The second kappa shape index (κ2) is 9.53. The standard InChI is InChI=1S/C19H23N3O4/c1-13(2)17(23)21-14-6-4-7-15(12-14)22-18(24)16-8-5-9-20-19(16)26-11-10-25-3/h4-9,12-13H,10-11H2,1-3H3,(H,21,23)(H,22,24). The van der Waals surface area contributed by atoms with Crippen molar-refractivity contribution >= 4 is 23.2 Å². The van der Waals surface area contributed by atoms with Gasteiger partial charge in [0.1, 0.15) is 12.2 Å². The number of ether oxygens (including phenoxy) is 2. The van der Waals surface area contributed by atoms with Gasteiger partial charge < -0.3 is 20.1 Å². The van der Waals surface area contributed by atoms with E-state index < -0.39 is 0 Å². The largest absolute Gasteiger partial charge is 0.475 e. The Labute approximate surface area is 152 Å². The van der Waals surface area contributed by atoms with Crippen molar-refractivity contribution in [2.24, 2.45) is 5.92 Å².